The summed E-state index contributed by atoms with van der Waals surface area (Å²) >= 11 is -1.85. The number of rotatable bonds is 19. The summed E-state index contributed by atoms with van der Waals surface area (Å²) in [5.41, 5.74) is 0.868. The maximum Gasteiger partial charge on any atom is 0.414 e. The lowest BCUT2D eigenvalue weighted by Crippen LogP contribution is -2.51. The van der Waals surface area contributed by atoms with Gasteiger partial charge in [0, 0.05) is 38.6 Å². The monoisotopic (exact) mass is 853 g/mol. The van der Waals surface area contributed by atoms with Crippen molar-refractivity contribution >= 4 is 36.6 Å². The molecule has 1 amide bonds. The van der Waals surface area contributed by atoms with Crippen LogP contribution in [0.25, 0.3) is 11.0 Å². The van der Waals surface area contributed by atoms with Crippen molar-refractivity contribution in [2.75, 3.05) is 13.2 Å². The number of hydrogen-bond acceptors (Lipinski definition) is 8. The summed E-state index contributed by atoms with van der Waals surface area (Å²) < 4.78 is 133. The van der Waals surface area contributed by atoms with E-state index in [-0.39, 0.29) is 41.7 Å². The predicted molar refractivity (Wildman–Crippen MR) is 207 cm³/mol. The van der Waals surface area contributed by atoms with E-state index in [0.717, 1.165) is 13.0 Å². The molecule has 57 heavy (non-hydrogen) atoms. The van der Waals surface area contributed by atoms with E-state index in [9.17, 15) is 35.7 Å². The molecule has 0 radical (unpaired) electrons. The van der Waals surface area contributed by atoms with Gasteiger partial charge in [-0.05, 0) is 82.7 Å². The number of ether oxygens (including phenoxy) is 3. The van der Waals surface area contributed by atoms with Crippen molar-refractivity contribution in [2.45, 2.75) is 134 Å². The van der Waals surface area contributed by atoms with Crippen LogP contribution in [0.2, 0.25) is 25.7 Å². The number of nitrogens with one attached hydrogen (secondary N) is 3. The van der Waals surface area contributed by atoms with E-state index in [1.165, 1.54) is 23.6 Å². The van der Waals surface area contributed by atoms with Gasteiger partial charge in [0.1, 0.15) is 47.3 Å². The van der Waals surface area contributed by atoms with Crippen molar-refractivity contribution in [1.82, 2.24) is 24.9 Å². The van der Waals surface area contributed by atoms with E-state index in [2.05, 4.69) is 34.7 Å². The number of benzene rings is 2. The molecule has 3 N–H and O–H groups in total. The van der Waals surface area contributed by atoms with Gasteiger partial charge in [0.25, 0.3) is 0 Å². The maximum absolute atomic E-state index is 16.5. The Hall–Kier alpha value is -2.94. The molecule has 3 aromatic rings. The number of imidazole rings is 1. The molecule has 1 aromatic heterocycles. The van der Waals surface area contributed by atoms with Crippen molar-refractivity contribution in [1.29, 1.82) is 0 Å². The van der Waals surface area contributed by atoms with Gasteiger partial charge in [-0.2, -0.15) is 26.3 Å². The van der Waals surface area contributed by atoms with Gasteiger partial charge in [0.05, 0.1) is 11.6 Å². The van der Waals surface area contributed by atoms with Crippen molar-refractivity contribution in [2.24, 2.45) is 5.92 Å². The molecule has 0 spiro atoms. The topological polar surface area (TPSA) is 122 Å². The van der Waals surface area contributed by atoms with E-state index < -0.39 is 85.3 Å². The number of carbonyl (C=O) groups excluding carboxylic acids is 1. The largest absolute Gasteiger partial charge is 0.598 e. The zero-order valence-corrected chi connectivity index (χ0v) is 35.3. The molecule has 1 heterocycles. The highest BCUT2D eigenvalue weighted by Crippen LogP contribution is 2.42. The number of hydrogen-bond donors (Lipinski definition) is 3. The minimum Gasteiger partial charge on any atom is -0.598 e. The van der Waals surface area contributed by atoms with Crippen LogP contribution in [-0.2, 0) is 38.9 Å². The van der Waals surface area contributed by atoms with E-state index >= 15 is 4.39 Å². The Kier molecular flexibility index (Phi) is 15.6. The average Bonchev–Trinajstić information content (AvgIpc) is 3.86. The van der Waals surface area contributed by atoms with Gasteiger partial charge in [-0.3, -0.25) is 4.57 Å². The molecule has 0 bridgehead atoms. The second-order valence-corrected chi connectivity index (χ2v) is 24.3. The lowest BCUT2D eigenvalue weighted by Gasteiger charge is -2.32. The van der Waals surface area contributed by atoms with Crippen LogP contribution in [0.4, 0.5) is 35.5 Å². The Morgan fingerprint density at radius 1 is 1.04 bits per heavy atom. The van der Waals surface area contributed by atoms with Gasteiger partial charge >= 0.3 is 18.4 Å². The summed E-state index contributed by atoms with van der Waals surface area (Å²) in [6.07, 6.45) is -13.0. The fourth-order valence-electron chi connectivity index (χ4n) is 5.85. The molecule has 1 unspecified atom stereocenters. The first kappa shape index (κ1) is 46.7. The van der Waals surface area contributed by atoms with Crippen LogP contribution in [0.5, 0.6) is 0 Å². The highest BCUT2D eigenvalue weighted by molar-refractivity contribution is 7.90. The quantitative estimate of drug-likeness (QED) is 0.0474. The second kappa shape index (κ2) is 19.0. The van der Waals surface area contributed by atoms with Crippen LogP contribution in [-0.4, -0.2) is 76.8 Å². The molecule has 4 rings (SSSR count). The normalized spacial score (nSPS) is 17.5. The van der Waals surface area contributed by atoms with E-state index in [1.54, 1.807) is 51.1 Å². The molecule has 1 aliphatic rings. The third-order valence-electron chi connectivity index (χ3n) is 9.38. The molecule has 1 fully saturated rings. The zero-order chi connectivity index (χ0) is 42.5. The van der Waals surface area contributed by atoms with Crippen LogP contribution >= 0.6 is 0 Å². The number of nitrogens with zero attached hydrogens (tertiary/aromatic N) is 2. The second-order valence-electron chi connectivity index (χ2n) is 16.6. The number of carbonyl (C=O) groups is 1. The van der Waals surface area contributed by atoms with Crippen molar-refractivity contribution in [3.8, 4) is 0 Å². The Balaban J connectivity index is 1.70. The lowest BCUT2D eigenvalue weighted by atomic mass is 10.0. The Bertz CT molecular complexity index is 1770. The number of alkyl halides is 6. The first-order valence-corrected chi connectivity index (χ1v) is 23.7. The molecular weight excluding hydrogens is 800 g/mol. The molecular formula is C38H54F7N5O5SSi. The number of halogens is 7. The Morgan fingerprint density at radius 2 is 1.68 bits per heavy atom. The Morgan fingerprint density at radius 3 is 2.25 bits per heavy atom. The molecule has 1 aliphatic carbocycles. The van der Waals surface area contributed by atoms with Gasteiger partial charge < -0.3 is 29.4 Å². The average molecular weight is 854 g/mol. The highest BCUT2D eigenvalue weighted by Gasteiger charge is 2.44. The first-order valence-electron chi connectivity index (χ1n) is 18.8. The summed E-state index contributed by atoms with van der Waals surface area (Å²) in [6, 6.07) is 7.54. The summed E-state index contributed by atoms with van der Waals surface area (Å²) in [7, 11) is -1.57. The van der Waals surface area contributed by atoms with Crippen LogP contribution in [0.15, 0.2) is 42.5 Å². The van der Waals surface area contributed by atoms with Crippen LogP contribution in [0.1, 0.15) is 76.5 Å². The van der Waals surface area contributed by atoms with Crippen molar-refractivity contribution in [3.05, 3.63) is 65.2 Å². The van der Waals surface area contributed by atoms with Crippen molar-refractivity contribution < 1.29 is 54.3 Å². The molecule has 0 saturated heterocycles. The predicted octanol–water partition coefficient (Wildman–Crippen LogP) is 8.83. The van der Waals surface area contributed by atoms with Crippen LogP contribution in [0, 0.1) is 11.7 Å². The third-order valence-corrected chi connectivity index (χ3v) is 12.7. The maximum atomic E-state index is 16.5. The van der Waals surface area contributed by atoms with Crippen LogP contribution in [0.3, 0.4) is 0 Å². The number of amides is 1. The molecule has 320 valence electrons. The summed E-state index contributed by atoms with van der Waals surface area (Å²) in [6.45, 7) is 12.7. The minimum atomic E-state index is -4.86. The van der Waals surface area contributed by atoms with Gasteiger partial charge in [-0.15, -0.1) is 4.72 Å². The fourth-order valence-corrected chi connectivity index (χ4v) is 7.49. The highest BCUT2D eigenvalue weighted by atomic mass is 32.2. The summed E-state index contributed by atoms with van der Waals surface area (Å²) in [5, 5.41) is 4.77. The standard InChI is InChI=1S/C38H54F7N5O5SSi/c1-23(55-24(2)37(40,41)42)31(49-56(52)36(3,4)5)34-47-29-19-27(18-28(39)33(29)50(34)22-53-16-17-57(6,7)8)32(26-14-15-26)46-20-30(38(43,44)45)48-35(51)54-21-25-12-10-9-11-13-25/h9-13,18-19,23-24,26,30-32,46,49H,14-17,20-22H2,1-8H3,(H,48,51)/t23-,24-,30+,31+,32-,56?/m1/s1. The van der Waals surface area contributed by atoms with Gasteiger partial charge in [0.15, 0.2) is 6.10 Å². The number of alkyl carbamates (subject to hydrolysis) is 1. The molecule has 10 nitrogen and oxygen atoms in total. The minimum absolute atomic E-state index is 0.000176. The third kappa shape index (κ3) is 13.8. The van der Waals surface area contributed by atoms with Gasteiger partial charge in [-0.25, -0.2) is 14.2 Å². The first-order chi connectivity index (χ1) is 26.3. The fraction of sp³-hybridized carbons (Fsp3) is 0.632. The molecule has 2 aromatic carbocycles. The smallest absolute Gasteiger partial charge is 0.414 e. The Labute approximate surface area is 333 Å². The SMILES string of the molecule is C[C@@H](O[C@H](C)C(F)(F)F)[C@H](N[S+]([O-])C(C)(C)C)c1nc2cc([C@H](NC[C@H](NC(=O)OCc3ccccc3)C(F)(F)F)C3CC3)cc(F)c2n1COCC[Si](C)(C)C. The number of fused-ring (bicyclic) bond motifs is 1. The van der Waals surface area contributed by atoms with E-state index in [1.807, 2.05) is 5.32 Å². The molecule has 19 heteroatoms. The summed E-state index contributed by atoms with van der Waals surface area (Å²) in [4.78, 5) is 17.1. The zero-order valence-electron chi connectivity index (χ0n) is 33.4. The van der Waals surface area contributed by atoms with Crippen LogP contribution < -0.4 is 15.4 Å². The number of aromatic nitrogens is 2. The van der Waals surface area contributed by atoms with E-state index in [4.69, 9.17) is 14.2 Å². The summed E-state index contributed by atoms with van der Waals surface area (Å²) in [5.74, 6) is -0.960. The van der Waals surface area contributed by atoms with Gasteiger partial charge in [0.2, 0.25) is 0 Å². The molecule has 0 aliphatic heterocycles. The van der Waals surface area contributed by atoms with Crippen molar-refractivity contribution in [3.63, 3.8) is 0 Å². The molecule has 6 atom stereocenters. The molecule has 1 saturated carbocycles. The lowest BCUT2D eigenvalue weighted by molar-refractivity contribution is -0.227. The van der Waals surface area contributed by atoms with E-state index in [0.29, 0.717) is 25.0 Å². The van der Waals surface area contributed by atoms with Gasteiger partial charge in [-0.1, -0.05) is 50.0 Å².